The lowest BCUT2D eigenvalue weighted by molar-refractivity contribution is -0.141. The Bertz CT molecular complexity index is 490. The van der Waals surface area contributed by atoms with Crippen LogP contribution in [0.1, 0.15) is 20.3 Å². The summed E-state index contributed by atoms with van der Waals surface area (Å²) in [5, 5.41) is 15.8. The number of carboxylic acid groups (broad SMARTS) is 1. The van der Waals surface area contributed by atoms with Gasteiger partial charge in [-0.2, -0.15) is 25.3 Å². The van der Waals surface area contributed by atoms with E-state index in [-0.39, 0.29) is 17.4 Å². The summed E-state index contributed by atoms with van der Waals surface area (Å²) in [6.07, 6.45) is 0.468. The zero-order valence-corrected chi connectivity index (χ0v) is 16.0. The lowest BCUT2D eigenvalue weighted by atomic mass is 10.0. The first-order valence-corrected chi connectivity index (χ1v) is 8.96. The smallest absolute Gasteiger partial charge is 0.327 e. The maximum Gasteiger partial charge on any atom is 0.327 e. The summed E-state index contributed by atoms with van der Waals surface area (Å²) in [4.78, 5) is 46.4. The number of thiol groups is 2. The fourth-order valence-electron chi connectivity index (χ4n) is 1.81. The van der Waals surface area contributed by atoms with Gasteiger partial charge in [0.15, 0.2) is 0 Å². The molecule has 0 aliphatic heterocycles. The zero-order valence-electron chi connectivity index (χ0n) is 14.2. The third-order valence-electron chi connectivity index (χ3n) is 3.12. The average molecular weight is 395 g/mol. The number of carbonyl (C=O) groups excluding carboxylic acids is 3. The molecule has 144 valence electrons. The van der Waals surface area contributed by atoms with Crippen LogP contribution in [0.15, 0.2) is 0 Å². The van der Waals surface area contributed by atoms with Crippen LogP contribution in [0.2, 0.25) is 0 Å². The van der Waals surface area contributed by atoms with Crippen molar-refractivity contribution >= 4 is 48.9 Å². The Kier molecular flexibility index (Phi) is 11.3. The van der Waals surface area contributed by atoms with Crippen LogP contribution in [-0.2, 0) is 19.2 Å². The molecule has 0 aromatic rings. The molecule has 0 bridgehead atoms. The second kappa shape index (κ2) is 12.0. The number of nitrogens with one attached hydrogen (secondary N) is 3. The monoisotopic (exact) mass is 394 g/mol. The van der Waals surface area contributed by atoms with Gasteiger partial charge in [0.05, 0.1) is 12.6 Å². The summed E-state index contributed by atoms with van der Waals surface area (Å²) >= 11 is 7.82. The number of carboxylic acids is 1. The van der Waals surface area contributed by atoms with Gasteiger partial charge in [-0.1, -0.05) is 13.8 Å². The Morgan fingerprint density at radius 2 is 1.56 bits per heavy atom. The first-order chi connectivity index (χ1) is 11.6. The quantitative estimate of drug-likeness (QED) is 0.210. The molecule has 6 N–H and O–H groups in total. The lowest BCUT2D eigenvalue weighted by Gasteiger charge is -2.20. The molecule has 3 atom stereocenters. The van der Waals surface area contributed by atoms with Gasteiger partial charge < -0.3 is 26.8 Å². The predicted molar refractivity (Wildman–Crippen MR) is 99.6 cm³/mol. The van der Waals surface area contributed by atoms with Gasteiger partial charge in [-0.3, -0.25) is 14.4 Å². The number of rotatable bonds is 11. The summed E-state index contributed by atoms with van der Waals surface area (Å²) in [7, 11) is 0. The Morgan fingerprint density at radius 3 is 2.00 bits per heavy atom. The molecule has 0 fully saturated rings. The van der Waals surface area contributed by atoms with Gasteiger partial charge in [0.25, 0.3) is 0 Å². The summed E-state index contributed by atoms with van der Waals surface area (Å²) in [6, 6.07) is -2.85. The highest BCUT2D eigenvalue weighted by molar-refractivity contribution is 7.80. The van der Waals surface area contributed by atoms with Gasteiger partial charge >= 0.3 is 5.97 Å². The summed E-state index contributed by atoms with van der Waals surface area (Å²) in [5.41, 5.74) is 5.75. The minimum atomic E-state index is -1.23. The van der Waals surface area contributed by atoms with E-state index in [1.807, 2.05) is 13.8 Å². The Labute approximate surface area is 157 Å². The second-order valence-electron chi connectivity index (χ2n) is 5.84. The van der Waals surface area contributed by atoms with Crippen molar-refractivity contribution in [1.29, 1.82) is 0 Å². The first-order valence-electron chi connectivity index (χ1n) is 7.69. The van der Waals surface area contributed by atoms with E-state index in [2.05, 4.69) is 41.2 Å². The van der Waals surface area contributed by atoms with E-state index < -0.39 is 48.4 Å². The van der Waals surface area contributed by atoms with Gasteiger partial charge in [0, 0.05) is 11.5 Å². The topological polar surface area (TPSA) is 151 Å². The molecular weight excluding hydrogens is 368 g/mol. The number of hydrogen-bond acceptors (Lipinski definition) is 7. The Balaban J connectivity index is 4.48. The van der Waals surface area contributed by atoms with Crippen molar-refractivity contribution in [2.24, 2.45) is 11.7 Å². The molecule has 0 aliphatic rings. The molecule has 0 aliphatic carbocycles. The van der Waals surface area contributed by atoms with Gasteiger partial charge in [-0.15, -0.1) is 0 Å². The molecule has 3 amide bonds. The number of carbonyl (C=O) groups is 4. The maximum absolute atomic E-state index is 12.0. The van der Waals surface area contributed by atoms with E-state index in [1.54, 1.807) is 0 Å². The Morgan fingerprint density at radius 1 is 1.00 bits per heavy atom. The normalized spacial score (nSPS) is 14.3. The molecule has 0 saturated heterocycles. The molecule has 0 radical (unpaired) electrons. The largest absolute Gasteiger partial charge is 0.480 e. The first kappa shape index (κ1) is 23.5. The van der Waals surface area contributed by atoms with Crippen LogP contribution >= 0.6 is 25.3 Å². The third kappa shape index (κ3) is 9.56. The zero-order chi connectivity index (χ0) is 19.6. The molecule has 0 aromatic heterocycles. The van der Waals surface area contributed by atoms with Crippen LogP contribution in [0.25, 0.3) is 0 Å². The van der Waals surface area contributed by atoms with Crippen molar-refractivity contribution in [1.82, 2.24) is 16.0 Å². The maximum atomic E-state index is 12.0. The van der Waals surface area contributed by atoms with Gasteiger partial charge in [-0.05, 0) is 12.3 Å². The second-order valence-corrected chi connectivity index (χ2v) is 6.57. The lowest BCUT2D eigenvalue weighted by Crippen LogP contribution is -2.54. The molecule has 0 spiro atoms. The van der Waals surface area contributed by atoms with Crippen molar-refractivity contribution in [3.63, 3.8) is 0 Å². The number of hydrogen-bond donors (Lipinski definition) is 7. The highest BCUT2D eigenvalue weighted by Gasteiger charge is 2.24. The summed E-state index contributed by atoms with van der Waals surface area (Å²) in [6.45, 7) is 3.40. The molecule has 3 unspecified atom stereocenters. The minimum Gasteiger partial charge on any atom is -0.480 e. The van der Waals surface area contributed by atoms with Crippen LogP contribution < -0.4 is 21.7 Å². The van der Waals surface area contributed by atoms with Crippen molar-refractivity contribution in [3.05, 3.63) is 0 Å². The molecule has 0 heterocycles. The predicted octanol–water partition coefficient (Wildman–Crippen LogP) is -1.61. The fraction of sp³-hybridized carbons (Fsp3) is 0.714. The molecule has 9 nitrogen and oxygen atoms in total. The highest BCUT2D eigenvalue weighted by Crippen LogP contribution is 2.03. The SMILES string of the molecule is CC(C)CC(N)C(=O)NC(CS)C(=O)NCC(=O)NC(CS)C(=O)O. The molecule has 25 heavy (non-hydrogen) atoms. The van der Waals surface area contributed by atoms with E-state index in [0.29, 0.717) is 6.42 Å². The molecule has 0 aromatic carbocycles. The number of amides is 3. The number of nitrogens with two attached hydrogens (primary N) is 1. The van der Waals surface area contributed by atoms with E-state index in [4.69, 9.17) is 10.8 Å². The van der Waals surface area contributed by atoms with Crippen molar-refractivity contribution < 1.29 is 24.3 Å². The molecule has 11 heteroatoms. The van der Waals surface area contributed by atoms with Crippen LogP contribution in [0.5, 0.6) is 0 Å². The average Bonchev–Trinajstić information content (AvgIpc) is 2.53. The number of aliphatic carboxylic acids is 1. The molecule has 0 saturated carbocycles. The van der Waals surface area contributed by atoms with Crippen molar-refractivity contribution in [3.8, 4) is 0 Å². The highest BCUT2D eigenvalue weighted by atomic mass is 32.1. The van der Waals surface area contributed by atoms with Gasteiger partial charge in [0.2, 0.25) is 17.7 Å². The minimum absolute atomic E-state index is 0.0159. The van der Waals surface area contributed by atoms with Crippen LogP contribution in [-0.4, -0.2) is 65.0 Å². The van der Waals surface area contributed by atoms with Gasteiger partial charge in [-0.25, -0.2) is 4.79 Å². The van der Waals surface area contributed by atoms with E-state index in [0.717, 1.165) is 0 Å². The van der Waals surface area contributed by atoms with Crippen LogP contribution in [0.4, 0.5) is 0 Å². The van der Waals surface area contributed by atoms with E-state index in [1.165, 1.54) is 0 Å². The Hall–Kier alpha value is -1.46. The van der Waals surface area contributed by atoms with Crippen LogP contribution in [0.3, 0.4) is 0 Å². The third-order valence-corrected chi connectivity index (χ3v) is 3.85. The fourth-order valence-corrected chi connectivity index (χ4v) is 2.31. The molecular formula is C14H26N4O5S2. The van der Waals surface area contributed by atoms with Crippen molar-refractivity contribution in [2.75, 3.05) is 18.1 Å². The van der Waals surface area contributed by atoms with E-state index >= 15 is 0 Å². The summed E-state index contributed by atoms with van der Waals surface area (Å²) < 4.78 is 0. The van der Waals surface area contributed by atoms with Gasteiger partial charge in [0.1, 0.15) is 12.1 Å². The van der Waals surface area contributed by atoms with Crippen LogP contribution in [0, 0.1) is 5.92 Å². The summed E-state index contributed by atoms with van der Waals surface area (Å²) in [5.74, 6) is -2.85. The van der Waals surface area contributed by atoms with Crippen molar-refractivity contribution in [2.45, 2.75) is 38.4 Å². The van der Waals surface area contributed by atoms with E-state index in [9.17, 15) is 19.2 Å². The standard InChI is InChI=1S/C14H26N4O5S2/c1-7(2)3-8(15)12(20)18-9(5-24)13(21)16-4-11(19)17-10(6-25)14(22)23/h7-10,24-25H,3-6,15H2,1-2H3,(H,16,21)(H,17,19)(H,18,20)(H,22,23). The molecule has 0 rings (SSSR count).